The Morgan fingerprint density at radius 1 is 1.14 bits per heavy atom. The van der Waals surface area contributed by atoms with Crippen LogP contribution in [-0.2, 0) is 11.2 Å². The normalized spacial score (nSPS) is 16.7. The Morgan fingerprint density at radius 3 is 2.79 bits per heavy atom. The summed E-state index contributed by atoms with van der Waals surface area (Å²) in [5.74, 6) is 0.613. The number of hydrogen-bond acceptors (Lipinski definition) is 3. The van der Waals surface area contributed by atoms with Crippen LogP contribution in [0.4, 0.5) is 0 Å². The topological polar surface area (TPSA) is 62.4 Å². The van der Waals surface area contributed by atoms with Crippen molar-refractivity contribution in [3.63, 3.8) is 0 Å². The van der Waals surface area contributed by atoms with Gasteiger partial charge in [0.1, 0.15) is 5.75 Å². The molecular formula is C24H26N2O3. The molecule has 1 aliphatic rings. The summed E-state index contributed by atoms with van der Waals surface area (Å²) in [5, 5.41) is 1.17. The molecule has 1 saturated heterocycles. The summed E-state index contributed by atoms with van der Waals surface area (Å²) in [4.78, 5) is 31.0. The fraction of sp³-hybridized carbons (Fsp3) is 0.333. The lowest BCUT2D eigenvalue weighted by atomic mass is 9.89. The molecule has 0 bridgehead atoms. The number of aromatic amines is 1. The number of aryl methyl sites for hydroxylation is 1. The number of nitrogens with zero attached hydrogens (tertiary/aromatic N) is 1. The van der Waals surface area contributed by atoms with Crippen LogP contribution in [0, 0.1) is 5.92 Å². The summed E-state index contributed by atoms with van der Waals surface area (Å²) in [7, 11) is 1.58. The lowest BCUT2D eigenvalue weighted by Crippen LogP contribution is -2.42. The van der Waals surface area contributed by atoms with E-state index in [1.165, 1.54) is 5.39 Å². The Bertz CT molecular complexity index is 1020. The molecule has 0 radical (unpaired) electrons. The van der Waals surface area contributed by atoms with Gasteiger partial charge in [0.2, 0.25) is 5.91 Å². The van der Waals surface area contributed by atoms with Crippen molar-refractivity contribution in [2.75, 3.05) is 20.2 Å². The number of ether oxygens (including phenoxy) is 1. The van der Waals surface area contributed by atoms with Gasteiger partial charge in [-0.2, -0.15) is 0 Å². The first kappa shape index (κ1) is 19.2. The molecule has 0 spiro atoms. The molecule has 5 nitrogen and oxygen atoms in total. The van der Waals surface area contributed by atoms with Crippen LogP contribution in [0.1, 0.15) is 35.2 Å². The van der Waals surface area contributed by atoms with Gasteiger partial charge in [0.15, 0.2) is 5.78 Å². The quantitative estimate of drug-likeness (QED) is 0.641. The summed E-state index contributed by atoms with van der Waals surface area (Å²) in [6.07, 6.45) is 4.80. The van der Waals surface area contributed by atoms with Crippen molar-refractivity contribution in [1.82, 2.24) is 9.88 Å². The fourth-order valence-corrected chi connectivity index (χ4v) is 4.22. The molecule has 29 heavy (non-hydrogen) atoms. The van der Waals surface area contributed by atoms with Crippen molar-refractivity contribution < 1.29 is 14.3 Å². The van der Waals surface area contributed by atoms with E-state index in [-0.39, 0.29) is 17.6 Å². The van der Waals surface area contributed by atoms with Crippen LogP contribution in [0.3, 0.4) is 0 Å². The Balaban J connectivity index is 1.40. The summed E-state index contributed by atoms with van der Waals surface area (Å²) in [6, 6.07) is 15.5. The summed E-state index contributed by atoms with van der Waals surface area (Å²) >= 11 is 0. The van der Waals surface area contributed by atoms with Crippen LogP contribution in [0.5, 0.6) is 5.75 Å². The number of hydrogen-bond donors (Lipinski definition) is 1. The maximum absolute atomic E-state index is 13.0. The van der Waals surface area contributed by atoms with E-state index in [0.29, 0.717) is 30.7 Å². The van der Waals surface area contributed by atoms with E-state index in [2.05, 4.69) is 11.1 Å². The zero-order valence-corrected chi connectivity index (χ0v) is 16.7. The molecule has 1 aliphatic heterocycles. The third-order valence-electron chi connectivity index (χ3n) is 5.80. The number of fused-ring (bicyclic) bond motifs is 1. The van der Waals surface area contributed by atoms with E-state index in [9.17, 15) is 9.59 Å². The number of amides is 1. The van der Waals surface area contributed by atoms with Crippen LogP contribution in [0.15, 0.2) is 54.7 Å². The Hall–Kier alpha value is -3.08. The number of piperidine rings is 1. The largest absolute Gasteiger partial charge is 0.496 e. The predicted molar refractivity (Wildman–Crippen MR) is 113 cm³/mol. The monoisotopic (exact) mass is 390 g/mol. The van der Waals surface area contributed by atoms with E-state index in [1.807, 2.05) is 41.4 Å². The number of para-hydroxylation sites is 2. The SMILES string of the molecule is COc1ccccc1C(=O)[C@H]1CCCN(C(=O)CCc2c[nH]c3ccccc23)C1. The van der Waals surface area contributed by atoms with Gasteiger partial charge < -0.3 is 14.6 Å². The van der Waals surface area contributed by atoms with E-state index in [4.69, 9.17) is 4.74 Å². The Labute approximate surface area is 170 Å². The number of H-pyrrole nitrogens is 1. The third kappa shape index (κ3) is 4.04. The maximum atomic E-state index is 13.0. The number of rotatable bonds is 6. The van der Waals surface area contributed by atoms with Gasteiger partial charge in [-0.05, 0) is 43.0 Å². The van der Waals surface area contributed by atoms with Gasteiger partial charge in [-0.15, -0.1) is 0 Å². The van der Waals surface area contributed by atoms with Crippen molar-refractivity contribution in [2.24, 2.45) is 5.92 Å². The molecule has 4 rings (SSSR count). The van der Waals surface area contributed by atoms with Crippen molar-refractivity contribution in [2.45, 2.75) is 25.7 Å². The first-order chi connectivity index (χ1) is 14.2. The second-order valence-corrected chi connectivity index (χ2v) is 7.60. The van der Waals surface area contributed by atoms with Gasteiger partial charge in [0.25, 0.3) is 0 Å². The van der Waals surface area contributed by atoms with Crippen molar-refractivity contribution in [3.8, 4) is 5.75 Å². The third-order valence-corrected chi connectivity index (χ3v) is 5.80. The average molecular weight is 390 g/mol. The molecular weight excluding hydrogens is 364 g/mol. The molecule has 1 aromatic heterocycles. The number of aromatic nitrogens is 1. The van der Waals surface area contributed by atoms with Crippen LogP contribution in [-0.4, -0.2) is 41.8 Å². The minimum atomic E-state index is -0.169. The van der Waals surface area contributed by atoms with Crippen molar-refractivity contribution in [3.05, 3.63) is 65.9 Å². The number of methoxy groups -OCH3 is 1. The van der Waals surface area contributed by atoms with Gasteiger partial charge in [-0.3, -0.25) is 9.59 Å². The molecule has 1 atom stereocenters. The molecule has 1 fully saturated rings. The minimum Gasteiger partial charge on any atom is -0.496 e. The van der Waals surface area contributed by atoms with Crippen LogP contribution < -0.4 is 4.74 Å². The smallest absolute Gasteiger partial charge is 0.222 e. The highest BCUT2D eigenvalue weighted by Crippen LogP contribution is 2.27. The molecule has 0 saturated carbocycles. The molecule has 150 valence electrons. The number of nitrogens with one attached hydrogen (secondary N) is 1. The van der Waals surface area contributed by atoms with Gasteiger partial charge in [-0.25, -0.2) is 0 Å². The first-order valence-corrected chi connectivity index (χ1v) is 10.2. The van der Waals surface area contributed by atoms with Crippen molar-refractivity contribution >= 4 is 22.6 Å². The molecule has 3 aromatic rings. The van der Waals surface area contributed by atoms with E-state index >= 15 is 0 Å². The van der Waals surface area contributed by atoms with E-state index in [1.54, 1.807) is 19.2 Å². The fourth-order valence-electron chi connectivity index (χ4n) is 4.22. The summed E-state index contributed by atoms with van der Waals surface area (Å²) in [6.45, 7) is 1.21. The second kappa shape index (κ2) is 8.52. The van der Waals surface area contributed by atoms with Gasteiger partial charge in [0, 0.05) is 42.5 Å². The van der Waals surface area contributed by atoms with E-state index < -0.39 is 0 Å². The number of likely N-dealkylation sites (tertiary alicyclic amines) is 1. The molecule has 0 unspecified atom stereocenters. The van der Waals surface area contributed by atoms with Crippen LogP contribution in [0.2, 0.25) is 0 Å². The number of benzene rings is 2. The van der Waals surface area contributed by atoms with Crippen LogP contribution in [0.25, 0.3) is 10.9 Å². The highest BCUT2D eigenvalue weighted by atomic mass is 16.5. The zero-order valence-electron chi connectivity index (χ0n) is 16.7. The van der Waals surface area contributed by atoms with Crippen molar-refractivity contribution in [1.29, 1.82) is 0 Å². The van der Waals surface area contributed by atoms with Gasteiger partial charge in [-0.1, -0.05) is 30.3 Å². The highest BCUT2D eigenvalue weighted by Gasteiger charge is 2.30. The number of carbonyl (C=O) groups excluding carboxylic acids is 2. The molecule has 0 aliphatic carbocycles. The second-order valence-electron chi connectivity index (χ2n) is 7.60. The Morgan fingerprint density at radius 2 is 1.93 bits per heavy atom. The average Bonchev–Trinajstić information content (AvgIpc) is 3.20. The highest BCUT2D eigenvalue weighted by molar-refractivity contribution is 6.00. The Kier molecular flexibility index (Phi) is 5.65. The maximum Gasteiger partial charge on any atom is 0.222 e. The lowest BCUT2D eigenvalue weighted by molar-refractivity contribution is -0.132. The first-order valence-electron chi connectivity index (χ1n) is 10.2. The predicted octanol–water partition coefficient (Wildman–Crippen LogP) is 4.23. The van der Waals surface area contributed by atoms with E-state index in [0.717, 1.165) is 30.5 Å². The standard InChI is InChI=1S/C24H26N2O3/c1-29-22-11-5-3-9-20(22)24(28)18-7-6-14-26(16-18)23(27)13-12-17-15-25-21-10-4-2-8-19(17)21/h2-5,8-11,15,18,25H,6-7,12-14,16H2,1H3/t18-/m0/s1. The minimum absolute atomic E-state index is 0.0663. The van der Waals surface area contributed by atoms with Crippen LogP contribution >= 0.6 is 0 Å². The molecule has 2 heterocycles. The number of Topliss-reactive ketones (excluding diaryl/α,β-unsaturated/α-hetero) is 1. The summed E-state index contributed by atoms with van der Waals surface area (Å²) in [5.41, 5.74) is 2.86. The zero-order chi connectivity index (χ0) is 20.2. The lowest BCUT2D eigenvalue weighted by Gasteiger charge is -2.32. The molecule has 5 heteroatoms. The van der Waals surface area contributed by atoms with Gasteiger partial charge >= 0.3 is 0 Å². The molecule has 1 amide bonds. The number of ketones is 1. The molecule has 2 aromatic carbocycles. The number of carbonyl (C=O) groups is 2. The van der Waals surface area contributed by atoms with Gasteiger partial charge in [0.05, 0.1) is 12.7 Å². The molecule has 1 N–H and O–H groups in total. The summed E-state index contributed by atoms with van der Waals surface area (Å²) < 4.78 is 5.34.